The van der Waals surface area contributed by atoms with Gasteiger partial charge in [0.1, 0.15) is 5.69 Å². The first-order valence-electron chi connectivity index (χ1n) is 4.74. The van der Waals surface area contributed by atoms with Crippen molar-refractivity contribution in [2.75, 3.05) is 5.32 Å². The molecule has 0 aliphatic carbocycles. The Labute approximate surface area is 92.0 Å². The molecule has 0 amide bonds. The number of anilines is 2. The van der Waals surface area contributed by atoms with Gasteiger partial charge >= 0.3 is 0 Å². The van der Waals surface area contributed by atoms with Crippen molar-refractivity contribution in [3.8, 4) is 0 Å². The molecule has 76 valence electrons. The summed E-state index contributed by atoms with van der Waals surface area (Å²) in [7, 11) is 0. The van der Waals surface area contributed by atoms with E-state index in [2.05, 4.69) is 10.5 Å². The number of halogens is 1. The molecule has 1 N–H and O–H groups in total. The minimum Gasteiger partial charge on any atom is -0.359 e. The number of hydrogen-bond donors (Lipinski definition) is 1. The SMILES string of the molecule is Cc1c(Cl)ccc2c1Nc1cnoc1C2. The molecule has 2 heterocycles. The molecule has 0 saturated carbocycles. The van der Waals surface area contributed by atoms with Crippen LogP contribution in [0, 0.1) is 6.92 Å². The van der Waals surface area contributed by atoms with E-state index in [1.807, 2.05) is 19.1 Å². The third-order valence-electron chi connectivity index (χ3n) is 2.74. The molecule has 4 heteroatoms. The van der Waals surface area contributed by atoms with E-state index < -0.39 is 0 Å². The maximum absolute atomic E-state index is 6.07. The molecule has 0 bridgehead atoms. The summed E-state index contributed by atoms with van der Waals surface area (Å²) in [5.41, 5.74) is 4.29. The fourth-order valence-electron chi connectivity index (χ4n) is 1.86. The van der Waals surface area contributed by atoms with Crippen molar-refractivity contribution in [2.24, 2.45) is 0 Å². The Morgan fingerprint density at radius 2 is 2.33 bits per heavy atom. The Morgan fingerprint density at radius 1 is 1.47 bits per heavy atom. The molecule has 1 aromatic heterocycles. The monoisotopic (exact) mass is 220 g/mol. The molecule has 0 saturated heterocycles. The normalized spacial score (nSPS) is 12.9. The molecule has 0 spiro atoms. The van der Waals surface area contributed by atoms with Crippen molar-refractivity contribution in [1.29, 1.82) is 0 Å². The summed E-state index contributed by atoms with van der Waals surface area (Å²) < 4.78 is 5.14. The van der Waals surface area contributed by atoms with E-state index in [0.29, 0.717) is 0 Å². The van der Waals surface area contributed by atoms with E-state index in [9.17, 15) is 0 Å². The molecule has 1 aromatic carbocycles. The zero-order chi connectivity index (χ0) is 10.4. The quantitative estimate of drug-likeness (QED) is 0.632. The van der Waals surface area contributed by atoms with E-state index in [-0.39, 0.29) is 0 Å². The first-order chi connectivity index (χ1) is 7.25. The number of fused-ring (bicyclic) bond motifs is 2. The summed E-state index contributed by atoms with van der Waals surface area (Å²) >= 11 is 6.07. The van der Waals surface area contributed by atoms with Crippen molar-refractivity contribution in [3.63, 3.8) is 0 Å². The van der Waals surface area contributed by atoms with E-state index in [4.69, 9.17) is 16.1 Å². The maximum atomic E-state index is 6.07. The molecule has 0 radical (unpaired) electrons. The van der Waals surface area contributed by atoms with Crippen LogP contribution in [-0.2, 0) is 6.42 Å². The zero-order valence-electron chi connectivity index (χ0n) is 8.17. The Balaban J connectivity index is 2.17. The van der Waals surface area contributed by atoms with Gasteiger partial charge in [-0.15, -0.1) is 0 Å². The van der Waals surface area contributed by atoms with Crippen molar-refractivity contribution in [3.05, 3.63) is 40.2 Å². The van der Waals surface area contributed by atoms with Gasteiger partial charge in [0, 0.05) is 17.1 Å². The molecule has 3 rings (SSSR count). The second-order valence-electron chi connectivity index (χ2n) is 3.67. The predicted molar refractivity (Wildman–Crippen MR) is 58.8 cm³/mol. The molecule has 15 heavy (non-hydrogen) atoms. The van der Waals surface area contributed by atoms with Gasteiger partial charge in [-0.3, -0.25) is 0 Å². The molecule has 1 aliphatic heterocycles. The molecule has 2 aromatic rings. The van der Waals surface area contributed by atoms with Crippen LogP contribution in [-0.4, -0.2) is 5.16 Å². The Kier molecular flexibility index (Phi) is 1.76. The summed E-state index contributed by atoms with van der Waals surface area (Å²) in [6.45, 7) is 2.01. The lowest BCUT2D eigenvalue weighted by Gasteiger charge is -2.19. The summed E-state index contributed by atoms with van der Waals surface area (Å²) in [4.78, 5) is 0. The minimum absolute atomic E-state index is 0.773. The third kappa shape index (κ3) is 1.23. The number of nitrogens with zero attached hydrogens (tertiary/aromatic N) is 1. The van der Waals surface area contributed by atoms with Gasteiger partial charge in [0.05, 0.1) is 6.20 Å². The summed E-state index contributed by atoms with van der Waals surface area (Å²) in [6.07, 6.45) is 2.47. The second kappa shape index (κ2) is 3.00. The number of rotatable bonds is 0. The van der Waals surface area contributed by atoms with Gasteiger partial charge in [0.25, 0.3) is 0 Å². The highest BCUT2D eigenvalue weighted by molar-refractivity contribution is 6.31. The van der Waals surface area contributed by atoms with Crippen molar-refractivity contribution >= 4 is 23.0 Å². The molecular formula is C11H9ClN2O. The summed E-state index contributed by atoms with van der Waals surface area (Å²) in [5.74, 6) is 0.879. The van der Waals surface area contributed by atoms with Crippen LogP contribution in [0.5, 0.6) is 0 Å². The van der Waals surface area contributed by atoms with Crippen LogP contribution in [0.3, 0.4) is 0 Å². The van der Waals surface area contributed by atoms with Crippen LogP contribution in [0.1, 0.15) is 16.9 Å². The van der Waals surface area contributed by atoms with Crippen LogP contribution in [0.2, 0.25) is 5.02 Å². The van der Waals surface area contributed by atoms with E-state index >= 15 is 0 Å². The van der Waals surface area contributed by atoms with Gasteiger partial charge in [0.15, 0.2) is 5.76 Å². The van der Waals surface area contributed by atoms with Crippen molar-refractivity contribution in [1.82, 2.24) is 5.16 Å². The third-order valence-corrected chi connectivity index (χ3v) is 3.15. The first-order valence-corrected chi connectivity index (χ1v) is 5.12. The highest BCUT2D eigenvalue weighted by atomic mass is 35.5. The fraction of sp³-hybridized carbons (Fsp3) is 0.182. The molecule has 0 unspecified atom stereocenters. The lowest BCUT2D eigenvalue weighted by atomic mass is 10.00. The van der Waals surface area contributed by atoms with E-state index in [0.717, 1.165) is 34.1 Å². The van der Waals surface area contributed by atoms with Crippen LogP contribution in [0.25, 0.3) is 0 Å². The van der Waals surface area contributed by atoms with Crippen LogP contribution >= 0.6 is 11.6 Å². The van der Waals surface area contributed by atoms with E-state index in [1.165, 1.54) is 5.56 Å². The highest BCUT2D eigenvalue weighted by Crippen LogP contribution is 2.37. The fourth-order valence-corrected chi connectivity index (χ4v) is 2.02. The Hall–Kier alpha value is -1.48. The number of aromatic nitrogens is 1. The molecule has 3 nitrogen and oxygen atoms in total. The van der Waals surface area contributed by atoms with Crippen LogP contribution < -0.4 is 5.32 Å². The van der Waals surface area contributed by atoms with Crippen molar-refractivity contribution < 1.29 is 4.52 Å². The molecule has 0 fully saturated rings. The molecule has 0 atom stereocenters. The smallest absolute Gasteiger partial charge is 0.164 e. The average molecular weight is 221 g/mol. The molecular weight excluding hydrogens is 212 g/mol. The lowest BCUT2D eigenvalue weighted by molar-refractivity contribution is 0.389. The van der Waals surface area contributed by atoms with Crippen LogP contribution in [0.4, 0.5) is 11.4 Å². The lowest BCUT2D eigenvalue weighted by Crippen LogP contribution is -2.06. The topological polar surface area (TPSA) is 38.1 Å². The van der Waals surface area contributed by atoms with E-state index in [1.54, 1.807) is 6.20 Å². The zero-order valence-corrected chi connectivity index (χ0v) is 8.93. The number of nitrogens with one attached hydrogen (secondary N) is 1. The maximum Gasteiger partial charge on any atom is 0.164 e. The number of hydrogen-bond acceptors (Lipinski definition) is 3. The Morgan fingerprint density at radius 3 is 3.20 bits per heavy atom. The average Bonchev–Trinajstić information content (AvgIpc) is 2.68. The van der Waals surface area contributed by atoms with Gasteiger partial charge in [-0.1, -0.05) is 22.8 Å². The van der Waals surface area contributed by atoms with Gasteiger partial charge in [-0.2, -0.15) is 0 Å². The second-order valence-corrected chi connectivity index (χ2v) is 4.08. The molecule has 1 aliphatic rings. The standard InChI is InChI=1S/C11H9ClN2O/c1-6-8(12)3-2-7-4-10-9(5-13-15-10)14-11(6)7/h2-3,5,14H,4H2,1H3. The van der Waals surface area contributed by atoms with Crippen LogP contribution in [0.15, 0.2) is 22.9 Å². The first kappa shape index (κ1) is 8.80. The van der Waals surface area contributed by atoms with Gasteiger partial charge in [0.2, 0.25) is 0 Å². The predicted octanol–water partition coefficient (Wildman–Crippen LogP) is 3.28. The number of benzene rings is 1. The van der Waals surface area contributed by atoms with Gasteiger partial charge in [-0.05, 0) is 24.1 Å². The van der Waals surface area contributed by atoms with Gasteiger partial charge in [-0.25, -0.2) is 0 Å². The summed E-state index contributed by atoms with van der Waals surface area (Å²) in [6, 6.07) is 3.93. The van der Waals surface area contributed by atoms with Gasteiger partial charge < -0.3 is 9.84 Å². The highest BCUT2D eigenvalue weighted by Gasteiger charge is 2.20. The largest absolute Gasteiger partial charge is 0.359 e. The minimum atomic E-state index is 0.773. The Bertz CT molecular complexity index is 533. The van der Waals surface area contributed by atoms with Crippen molar-refractivity contribution in [2.45, 2.75) is 13.3 Å². The summed E-state index contributed by atoms with van der Waals surface area (Å²) in [5, 5.41) is 7.84.